The van der Waals surface area contributed by atoms with E-state index in [-0.39, 0.29) is 29.3 Å². The van der Waals surface area contributed by atoms with Crippen molar-refractivity contribution in [3.05, 3.63) is 59.1 Å². The number of hydrogen-bond donors (Lipinski definition) is 1. The maximum Gasteiger partial charge on any atom is 0.230 e. The zero-order chi connectivity index (χ0) is 18.8. The molecule has 0 radical (unpaired) electrons. The third-order valence-corrected chi connectivity index (χ3v) is 4.80. The molecule has 1 N–H and O–H groups in total. The van der Waals surface area contributed by atoms with Gasteiger partial charge in [0.15, 0.2) is 0 Å². The van der Waals surface area contributed by atoms with Gasteiger partial charge in [0.05, 0.1) is 17.0 Å². The van der Waals surface area contributed by atoms with Crippen molar-refractivity contribution in [2.45, 2.75) is 32.4 Å². The van der Waals surface area contributed by atoms with Gasteiger partial charge in [0.25, 0.3) is 0 Å². The van der Waals surface area contributed by atoms with E-state index in [4.69, 9.17) is 11.6 Å². The van der Waals surface area contributed by atoms with Crippen molar-refractivity contribution in [3.8, 4) is 0 Å². The number of halogens is 2. The average molecular weight is 376 g/mol. The van der Waals surface area contributed by atoms with Gasteiger partial charge in [-0.25, -0.2) is 4.39 Å². The van der Waals surface area contributed by atoms with Crippen molar-refractivity contribution in [3.63, 3.8) is 0 Å². The highest BCUT2D eigenvalue weighted by Crippen LogP contribution is 2.40. The van der Waals surface area contributed by atoms with Crippen molar-refractivity contribution in [2.75, 3.05) is 5.32 Å². The van der Waals surface area contributed by atoms with E-state index < -0.39 is 17.8 Å². The molecule has 0 bridgehead atoms. The molecule has 2 unspecified atom stereocenters. The van der Waals surface area contributed by atoms with Gasteiger partial charge in [0.1, 0.15) is 5.82 Å². The smallest absolute Gasteiger partial charge is 0.230 e. The van der Waals surface area contributed by atoms with E-state index in [0.717, 1.165) is 0 Å². The number of pyridine rings is 1. The first-order chi connectivity index (χ1) is 12.4. The van der Waals surface area contributed by atoms with Crippen LogP contribution in [0.25, 0.3) is 0 Å². The Hall–Kier alpha value is -2.47. The third kappa shape index (κ3) is 3.55. The van der Waals surface area contributed by atoms with Crippen LogP contribution < -0.4 is 5.32 Å². The summed E-state index contributed by atoms with van der Waals surface area (Å²) in [7, 11) is 0. The van der Waals surface area contributed by atoms with E-state index in [2.05, 4.69) is 10.3 Å². The van der Waals surface area contributed by atoms with E-state index in [1.165, 1.54) is 12.1 Å². The number of carbonyl (C=O) groups excluding carboxylic acids is 2. The maximum absolute atomic E-state index is 14.0. The second-order valence-corrected chi connectivity index (χ2v) is 6.96. The van der Waals surface area contributed by atoms with Crippen LogP contribution in [0, 0.1) is 11.7 Å². The predicted octanol–water partition coefficient (Wildman–Crippen LogP) is 3.81. The molecule has 2 heterocycles. The second kappa shape index (κ2) is 7.41. The number of likely N-dealkylation sites (tertiary alicyclic amines) is 1. The molecule has 0 spiro atoms. The molecular formula is C19H19ClFN3O2. The van der Waals surface area contributed by atoms with Gasteiger partial charge < -0.3 is 10.2 Å². The van der Waals surface area contributed by atoms with E-state index in [9.17, 15) is 14.0 Å². The van der Waals surface area contributed by atoms with Crippen molar-refractivity contribution in [2.24, 2.45) is 5.92 Å². The Morgan fingerprint density at radius 2 is 2.00 bits per heavy atom. The highest BCUT2D eigenvalue weighted by atomic mass is 35.5. The molecule has 1 aromatic carbocycles. The Labute approximate surface area is 156 Å². The van der Waals surface area contributed by atoms with Crippen LogP contribution in [0.5, 0.6) is 0 Å². The van der Waals surface area contributed by atoms with Gasteiger partial charge in [-0.2, -0.15) is 0 Å². The van der Waals surface area contributed by atoms with Crippen molar-refractivity contribution >= 4 is 29.1 Å². The van der Waals surface area contributed by atoms with Gasteiger partial charge in [-0.1, -0.05) is 17.7 Å². The molecule has 1 saturated heterocycles. The number of anilines is 1. The Morgan fingerprint density at radius 1 is 1.31 bits per heavy atom. The summed E-state index contributed by atoms with van der Waals surface area (Å²) in [5, 5.41) is 2.82. The largest absolute Gasteiger partial charge is 0.332 e. The first-order valence-electron chi connectivity index (χ1n) is 8.35. The van der Waals surface area contributed by atoms with Crippen LogP contribution in [-0.2, 0) is 9.59 Å². The molecule has 136 valence electrons. The molecule has 0 saturated carbocycles. The van der Waals surface area contributed by atoms with Crippen molar-refractivity contribution in [1.29, 1.82) is 0 Å². The summed E-state index contributed by atoms with van der Waals surface area (Å²) in [4.78, 5) is 30.9. The van der Waals surface area contributed by atoms with Crippen LogP contribution in [0.4, 0.5) is 10.1 Å². The number of nitrogens with one attached hydrogen (secondary N) is 1. The Kier molecular flexibility index (Phi) is 5.23. The van der Waals surface area contributed by atoms with E-state index in [0.29, 0.717) is 11.3 Å². The highest BCUT2D eigenvalue weighted by molar-refractivity contribution is 6.30. The molecule has 26 heavy (non-hydrogen) atoms. The number of amides is 2. The lowest BCUT2D eigenvalue weighted by atomic mass is 9.92. The fraction of sp³-hybridized carbons (Fsp3) is 0.316. The van der Waals surface area contributed by atoms with Crippen LogP contribution in [-0.4, -0.2) is 27.7 Å². The Bertz CT molecular complexity index is 829. The maximum atomic E-state index is 14.0. The molecule has 1 aromatic heterocycles. The van der Waals surface area contributed by atoms with Gasteiger partial charge >= 0.3 is 0 Å². The number of benzene rings is 1. The molecule has 0 aliphatic carbocycles. The first-order valence-corrected chi connectivity index (χ1v) is 8.73. The summed E-state index contributed by atoms with van der Waals surface area (Å²) in [6.45, 7) is 3.75. The van der Waals surface area contributed by atoms with Crippen molar-refractivity contribution in [1.82, 2.24) is 9.88 Å². The van der Waals surface area contributed by atoms with Crippen LogP contribution in [0.2, 0.25) is 5.02 Å². The summed E-state index contributed by atoms with van der Waals surface area (Å²) < 4.78 is 14.0. The van der Waals surface area contributed by atoms with Crippen molar-refractivity contribution < 1.29 is 14.0 Å². The zero-order valence-electron chi connectivity index (χ0n) is 14.4. The molecule has 1 aliphatic rings. The Balaban J connectivity index is 1.95. The van der Waals surface area contributed by atoms with E-state index >= 15 is 0 Å². The molecular weight excluding hydrogens is 357 g/mol. The lowest BCUT2D eigenvalue weighted by Gasteiger charge is -2.31. The summed E-state index contributed by atoms with van der Waals surface area (Å²) in [5.74, 6) is -1.61. The molecule has 5 nitrogen and oxygen atoms in total. The highest BCUT2D eigenvalue weighted by Gasteiger charge is 2.45. The van der Waals surface area contributed by atoms with Gasteiger partial charge in [0, 0.05) is 30.5 Å². The zero-order valence-corrected chi connectivity index (χ0v) is 15.2. The predicted molar refractivity (Wildman–Crippen MR) is 97.1 cm³/mol. The molecule has 1 aliphatic heterocycles. The monoisotopic (exact) mass is 375 g/mol. The molecule has 2 atom stereocenters. The van der Waals surface area contributed by atoms with Gasteiger partial charge in [-0.15, -0.1) is 0 Å². The summed E-state index contributed by atoms with van der Waals surface area (Å²) in [6, 6.07) is 7.09. The normalized spacial score (nSPS) is 19.9. The second-order valence-electron chi connectivity index (χ2n) is 6.55. The minimum Gasteiger partial charge on any atom is -0.332 e. The van der Waals surface area contributed by atoms with E-state index in [1.807, 2.05) is 13.8 Å². The fourth-order valence-corrected chi connectivity index (χ4v) is 3.48. The summed E-state index contributed by atoms with van der Waals surface area (Å²) in [5.41, 5.74) is 1.16. The average Bonchev–Trinajstić information content (AvgIpc) is 2.96. The molecule has 3 rings (SSSR count). The summed E-state index contributed by atoms with van der Waals surface area (Å²) in [6.07, 6.45) is 3.22. The third-order valence-electron chi connectivity index (χ3n) is 4.49. The van der Waals surface area contributed by atoms with Crippen LogP contribution in [0.1, 0.15) is 31.9 Å². The lowest BCUT2D eigenvalue weighted by Crippen LogP contribution is -2.37. The van der Waals surface area contributed by atoms with Gasteiger partial charge in [-0.05, 0) is 43.7 Å². The number of hydrogen-bond acceptors (Lipinski definition) is 3. The van der Waals surface area contributed by atoms with Gasteiger partial charge in [-0.3, -0.25) is 14.6 Å². The SMILES string of the molecule is CC(C)N1C(=O)CC(C(=O)Nc2ccncc2)C1c1ccc(Cl)c(F)c1. The van der Waals surface area contributed by atoms with Crippen LogP contribution >= 0.6 is 11.6 Å². The topological polar surface area (TPSA) is 62.3 Å². The van der Waals surface area contributed by atoms with Crippen LogP contribution in [0.3, 0.4) is 0 Å². The number of carbonyl (C=O) groups is 2. The Morgan fingerprint density at radius 3 is 2.62 bits per heavy atom. The number of aromatic nitrogens is 1. The molecule has 7 heteroatoms. The standard InChI is InChI=1S/C19H19ClFN3O2/c1-11(2)24-17(25)10-14(19(26)23-13-5-7-22-8-6-13)18(24)12-3-4-15(20)16(21)9-12/h3-9,11,14,18H,10H2,1-2H3,(H,22,23,26). The fourth-order valence-electron chi connectivity index (χ4n) is 3.36. The minimum atomic E-state index is -0.626. The molecule has 2 aromatic rings. The van der Waals surface area contributed by atoms with Crippen LogP contribution in [0.15, 0.2) is 42.7 Å². The first kappa shape index (κ1) is 18.3. The quantitative estimate of drug-likeness (QED) is 0.883. The molecule has 2 amide bonds. The van der Waals surface area contributed by atoms with E-state index in [1.54, 1.807) is 35.5 Å². The minimum absolute atomic E-state index is 0.00644. The number of rotatable bonds is 4. The summed E-state index contributed by atoms with van der Waals surface area (Å²) >= 11 is 5.78. The van der Waals surface area contributed by atoms with Gasteiger partial charge in [0.2, 0.25) is 11.8 Å². The lowest BCUT2D eigenvalue weighted by molar-refractivity contribution is -0.130. The number of nitrogens with zero attached hydrogens (tertiary/aromatic N) is 2. The molecule has 1 fully saturated rings.